The van der Waals surface area contributed by atoms with E-state index in [2.05, 4.69) is 0 Å². The molecule has 9 heteroatoms. The third kappa shape index (κ3) is 7.03. The van der Waals surface area contributed by atoms with Crippen molar-refractivity contribution in [1.82, 2.24) is 4.90 Å². The molecule has 0 aliphatic carbocycles. The molecule has 2 rings (SSSR count). The molecule has 1 atom stereocenters. The number of benzene rings is 1. The number of rotatable bonds is 9. The first-order valence-electron chi connectivity index (χ1n) is 9.98. The third-order valence-electron chi connectivity index (χ3n) is 4.61. The Balaban J connectivity index is 1.92. The highest BCUT2D eigenvalue weighted by Gasteiger charge is 2.33. The summed E-state index contributed by atoms with van der Waals surface area (Å²) in [7, 11) is 1.46. The molecule has 1 heterocycles. The minimum atomic E-state index is -0.693. The zero-order valence-electron chi connectivity index (χ0n) is 17.7. The lowest BCUT2D eigenvalue weighted by Gasteiger charge is -2.33. The van der Waals surface area contributed by atoms with Crippen molar-refractivity contribution in [1.29, 1.82) is 5.26 Å². The van der Waals surface area contributed by atoms with E-state index in [1.54, 1.807) is 25.1 Å². The Morgan fingerprint density at radius 1 is 1.23 bits per heavy atom. The van der Waals surface area contributed by atoms with Gasteiger partial charge in [0.1, 0.15) is 12.1 Å². The lowest BCUT2D eigenvalue weighted by molar-refractivity contribution is -0.159. The highest BCUT2D eigenvalue weighted by atomic mass is 16.5. The molecular formula is C22H26N2O7. The molecule has 1 amide bonds. The molecular weight excluding hydrogens is 404 g/mol. The van der Waals surface area contributed by atoms with E-state index < -0.39 is 30.5 Å². The first-order valence-corrected chi connectivity index (χ1v) is 9.98. The number of esters is 2. The van der Waals surface area contributed by atoms with Gasteiger partial charge in [-0.15, -0.1) is 0 Å². The van der Waals surface area contributed by atoms with Gasteiger partial charge >= 0.3 is 11.9 Å². The molecule has 9 nitrogen and oxygen atoms in total. The summed E-state index contributed by atoms with van der Waals surface area (Å²) in [5.74, 6) is -0.733. The van der Waals surface area contributed by atoms with Crippen LogP contribution in [0.15, 0.2) is 24.3 Å². The summed E-state index contributed by atoms with van der Waals surface area (Å²) in [6.45, 7) is 1.82. The van der Waals surface area contributed by atoms with Gasteiger partial charge in [0.2, 0.25) is 0 Å². The van der Waals surface area contributed by atoms with Crippen LogP contribution in [0.25, 0.3) is 6.08 Å². The van der Waals surface area contributed by atoms with Crippen molar-refractivity contribution in [3.63, 3.8) is 0 Å². The van der Waals surface area contributed by atoms with Gasteiger partial charge in [-0.2, -0.15) is 5.26 Å². The van der Waals surface area contributed by atoms with Gasteiger partial charge in [-0.05, 0) is 50.0 Å². The maximum absolute atomic E-state index is 12.5. The quantitative estimate of drug-likeness (QED) is 0.432. The van der Waals surface area contributed by atoms with Crippen LogP contribution in [0.2, 0.25) is 0 Å². The monoisotopic (exact) mass is 430 g/mol. The van der Waals surface area contributed by atoms with Gasteiger partial charge in [0.15, 0.2) is 24.7 Å². The Morgan fingerprint density at radius 3 is 2.74 bits per heavy atom. The third-order valence-corrected chi connectivity index (χ3v) is 4.61. The second-order valence-electron chi connectivity index (χ2n) is 6.65. The van der Waals surface area contributed by atoms with Crippen LogP contribution in [0.4, 0.5) is 0 Å². The Morgan fingerprint density at radius 2 is 2.03 bits per heavy atom. The molecule has 0 bridgehead atoms. The Bertz CT molecular complexity index is 860. The van der Waals surface area contributed by atoms with Crippen LogP contribution < -0.4 is 9.47 Å². The number of likely N-dealkylation sites (tertiary alicyclic amines) is 1. The van der Waals surface area contributed by atoms with Crippen molar-refractivity contribution in [3.8, 4) is 17.6 Å². The number of nitriles is 1. The van der Waals surface area contributed by atoms with Gasteiger partial charge in [-0.3, -0.25) is 4.79 Å². The van der Waals surface area contributed by atoms with Gasteiger partial charge in [0, 0.05) is 12.6 Å². The van der Waals surface area contributed by atoms with Crippen molar-refractivity contribution in [2.24, 2.45) is 0 Å². The number of amides is 1. The van der Waals surface area contributed by atoms with E-state index in [1.807, 2.05) is 6.07 Å². The summed E-state index contributed by atoms with van der Waals surface area (Å²) < 4.78 is 20.5. The minimum absolute atomic E-state index is 0.111. The lowest BCUT2D eigenvalue weighted by Crippen LogP contribution is -2.50. The Labute approximate surface area is 181 Å². The van der Waals surface area contributed by atoms with E-state index in [-0.39, 0.29) is 13.2 Å². The van der Waals surface area contributed by atoms with Crippen molar-refractivity contribution in [2.75, 3.05) is 33.5 Å². The molecule has 1 aromatic rings. The average Bonchev–Trinajstić information content (AvgIpc) is 2.80. The van der Waals surface area contributed by atoms with Gasteiger partial charge < -0.3 is 23.8 Å². The smallest absolute Gasteiger partial charge is 0.331 e. The summed E-state index contributed by atoms with van der Waals surface area (Å²) in [5.41, 5.74) is 0.642. The van der Waals surface area contributed by atoms with Gasteiger partial charge in [-0.25, -0.2) is 9.59 Å². The number of ether oxygens (including phenoxy) is 4. The molecule has 0 radical (unpaired) electrons. The fraction of sp³-hybridized carbons (Fsp3) is 0.455. The van der Waals surface area contributed by atoms with E-state index in [1.165, 1.54) is 24.2 Å². The highest BCUT2D eigenvalue weighted by Crippen LogP contribution is 2.28. The maximum Gasteiger partial charge on any atom is 0.331 e. The molecule has 1 aliphatic heterocycles. The average molecular weight is 430 g/mol. The molecule has 1 aliphatic rings. The Hall–Kier alpha value is -3.54. The van der Waals surface area contributed by atoms with E-state index in [4.69, 9.17) is 24.2 Å². The molecule has 1 unspecified atom stereocenters. The van der Waals surface area contributed by atoms with Gasteiger partial charge in [0.25, 0.3) is 5.91 Å². The minimum Gasteiger partial charge on any atom is -0.493 e. The summed E-state index contributed by atoms with van der Waals surface area (Å²) in [4.78, 5) is 38.0. The van der Waals surface area contributed by atoms with Gasteiger partial charge in [0.05, 0.1) is 13.7 Å². The van der Waals surface area contributed by atoms with E-state index in [0.29, 0.717) is 30.0 Å². The van der Waals surface area contributed by atoms with E-state index in [9.17, 15) is 14.4 Å². The summed E-state index contributed by atoms with van der Waals surface area (Å²) in [5, 5.41) is 8.60. The van der Waals surface area contributed by atoms with Crippen LogP contribution in [0.3, 0.4) is 0 Å². The fourth-order valence-electron chi connectivity index (χ4n) is 3.16. The molecule has 0 spiro atoms. The summed E-state index contributed by atoms with van der Waals surface area (Å²) >= 11 is 0. The summed E-state index contributed by atoms with van der Waals surface area (Å²) in [6.07, 6.45) is 4.85. The predicted octanol–water partition coefficient (Wildman–Crippen LogP) is 2.10. The van der Waals surface area contributed by atoms with Gasteiger partial charge in [-0.1, -0.05) is 6.07 Å². The van der Waals surface area contributed by atoms with Crippen LogP contribution in [-0.2, 0) is 23.9 Å². The number of hydrogen-bond donors (Lipinski definition) is 0. The van der Waals surface area contributed by atoms with Crippen LogP contribution >= 0.6 is 0 Å². The standard InChI is InChI=1S/C22H26N2O7/c1-3-29-22(27)17-6-4-5-12-24(17)20(25)15-31-21(26)10-8-16-7-9-18(30-13-11-23)19(14-16)28-2/h7-10,14,17H,3-6,12-13,15H2,1-2H3/b10-8+. The van der Waals surface area contributed by atoms with Crippen LogP contribution in [-0.4, -0.2) is 62.3 Å². The number of methoxy groups -OCH3 is 1. The fourth-order valence-corrected chi connectivity index (χ4v) is 3.16. The first-order chi connectivity index (χ1) is 15.0. The molecule has 1 saturated heterocycles. The largest absolute Gasteiger partial charge is 0.493 e. The van der Waals surface area contributed by atoms with Crippen LogP contribution in [0.1, 0.15) is 31.7 Å². The second-order valence-corrected chi connectivity index (χ2v) is 6.65. The van der Waals surface area contributed by atoms with E-state index in [0.717, 1.165) is 12.8 Å². The molecule has 1 fully saturated rings. The van der Waals surface area contributed by atoms with Crippen LogP contribution in [0, 0.1) is 11.3 Å². The second kappa shape index (κ2) is 12.2. The number of carbonyl (C=O) groups excluding carboxylic acids is 3. The Kier molecular flexibility index (Phi) is 9.36. The van der Waals surface area contributed by atoms with Crippen molar-refractivity contribution >= 4 is 23.9 Å². The topological polar surface area (TPSA) is 115 Å². The van der Waals surface area contributed by atoms with Crippen molar-refractivity contribution < 1.29 is 33.3 Å². The molecule has 166 valence electrons. The predicted molar refractivity (Wildman–Crippen MR) is 110 cm³/mol. The number of piperidine rings is 1. The molecule has 31 heavy (non-hydrogen) atoms. The number of nitrogens with zero attached hydrogens (tertiary/aromatic N) is 2. The van der Waals surface area contributed by atoms with Crippen molar-refractivity contribution in [3.05, 3.63) is 29.8 Å². The zero-order chi connectivity index (χ0) is 22.6. The first kappa shape index (κ1) is 23.7. The molecule has 0 N–H and O–H groups in total. The molecule has 1 aromatic carbocycles. The number of hydrogen-bond acceptors (Lipinski definition) is 8. The summed E-state index contributed by atoms with van der Waals surface area (Å²) in [6, 6.07) is 6.18. The van der Waals surface area contributed by atoms with E-state index >= 15 is 0 Å². The number of carbonyl (C=O) groups is 3. The molecule has 0 saturated carbocycles. The van der Waals surface area contributed by atoms with Crippen molar-refractivity contribution in [2.45, 2.75) is 32.2 Å². The van der Waals surface area contributed by atoms with Crippen LogP contribution in [0.5, 0.6) is 11.5 Å². The zero-order valence-corrected chi connectivity index (χ0v) is 17.7. The lowest BCUT2D eigenvalue weighted by atomic mass is 10.0. The normalized spacial score (nSPS) is 15.8. The maximum atomic E-state index is 12.5. The highest BCUT2D eigenvalue weighted by molar-refractivity contribution is 5.90. The molecule has 0 aromatic heterocycles. The SMILES string of the molecule is CCOC(=O)C1CCCCN1C(=O)COC(=O)/C=C/c1ccc(OCC#N)c(OC)c1.